The molecule has 0 fully saturated rings. The molecule has 0 aliphatic rings. The lowest BCUT2D eigenvalue weighted by molar-refractivity contribution is 0.906. The third-order valence-electron chi connectivity index (χ3n) is 2.81. The first kappa shape index (κ1) is 15.0. The molecule has 0 aromatic heterocycles. The van der Waals surface area contributed by atoms with Gasteiger partial charge in [-0.2, -0.15) is 0 Å². The van der Waals surface area contributed by atoms with Crippen molar-refractivity contribution in [3.8, 4) is 0 Å². The zero-order chi connectivity index (χ0) is 12.6. The fourth-order valence-electron chi connectivity index (χ4n) is 1.79. The van der Waals surface area contributed by atoms with Crippen molar-refractivity contribution < 1.29 is 0 Å². The number of allylic oxidation sites excluding steroid dienone is 2. The summed E-state index contributed by atoms with van der Waals surface area (Å²) in [5.41, 5.74) is 5.74. The number of aryl methyl sites for hydroxylation is 1. The molecule has 16 heavy (non-hydrogen) atoms. The van der Waals surface area contributed by atoms with E-state index in [1.54, 1.807) is 0 Å². The van der Waals surface area contributed by atoms with Gasteiger partial charge in [0, 0.05) is 0 Å². The molecule has 0 bridgehead atoms. The summed E-state index contributed by atoms with van der Waals surface area (Å²) in [5.74, 6) is 0. The Balaban J connectivity index is 0.00000106. The van der Waals surface area contributed by atoms with Crippen LogP contribution in [0, 0.1) is 6.92 Å². The summed E-state index contributed by atoms with van der Waals surface area (Å²) >= 11 is 0. The van der Waals surface area contributed by atoms with E-state index in [-0.39, 0.29) is 0 Å². The Morgan fingerprint density at radius 1 is 1.06 bits per heavy atom. The first-order valence-corrected chi connectivity index (χ1v) is 6.39. The van der Waals surface area contributed by atoms with Crippen LogP contribution in [0.25, 0.3) is 5.57 Å². The highest BCUT2D eigenvalue weighted by Gasteiger charge is 2.02. The average Bonchev–Trinajstić information content (AvgIpc) is 2.32. The van der Waals surface area contributed by atoms with Crippen molar-refractivity contribution in [1.82, 2.24) is 0 Å². The van der Waals surface area contributed by atoms with E-state index >= 15 is 0 Å². The van der Waals surface area contributed by atoms with Gasteiger partial charge >= 0.3 is 0 Å². The molecule has 0 heterocycles. The van der Waals surface area contributed by atoms with Crippen molar-refractivity contribution >= 4 is 5.57 Å². The van der Waals surface area contributed by atoms with E-state index in [1.165, 1.54) is 35.1 Å². The molecule has 0 saturated carbocycles. The summed E-state index contributed by atoms with van der Waals surface area (Å²) in [5, 5.41) is 0. The van der Waals surface area contributed by atoms with Gasteiger partial charge in [-0.1, -0.05) is 57.0 Å². The van der Waals surface area contributed by atoms with Crippen LogP contribution in [-0.2, 0) is 0 Å². The lowest BCUT2D eigenvalue weighted by Gasteiger charge is -2.09. The molecule has 0 atom stereocenters. The van der Waals surface area contributed by atoms with Crippen LogP contribution in [0.3, 0.4) is 0 Å². The summed E-state index contributed by atoms with van der Waals surface area (Å²) in [6.07, 6.45) is 2.44. The molecule has 0 nitrogen and oxygen atoms in total. The van der Waals surface area contributed by atoms with E-state index in [4.69, 9.17) is 0 Å². The lowest BCUT2D eigenvalue weighted by atomic mass is 9.96. The summed E-state index contributed by atoms with van der Waals surface area (Å²) in [4.78, 5) is 0. The van der Waals surface area contributed by atoms with Gasteiger partial charge in [0.25, 0.3) is 0 Å². The topological polar surface area (TPSA) is 0 Å². The van der Waals surface area contributed by atoms with E-state index in [0.717, 1.165) is 0 Å². The second kappa shape index (κ2) is 8.15. The number of benzene rings is 1. The Bertz CT molecular complexity index is 332. The third kappa shape index (κ3) is 4.22. The quantitative estimate of drug-likeness (QED) is 0.618. The van der Waals surface area contributed by atoms with Crippen molar-refractivity contribution in [2.75, 3.05) is 0 Å². The molecule has 0 saturated heterocycles. The fourth-order valence-corrected chi connectivity index (χ4v) is 1.79. The smallest absolute Gasteiger partial charge is 0.0199 e. The maximum absolute atomic E-state index is 2.24. The first-order chi connectivity index (χ1) is 7.66. The highest BCUT2D eigenvalue weighted by atomic mass is 14.1. The van der Waals surface area contributed by atoms with Gasteiger partial charge < -0.3 is 0 Å². The van der Waals surface area contributed by atoms with Crippen LogP contribution < -0.4 is 0 Å². The molecule has 0 aliphatic carbocycles. The lowest BCUT2D eigenvalue weighted by Crippen LogP contribution is -1.88. The Morgan fingerprint density at radius 3 is 2.12 bits per heavy atom. The first-order valence-electron chi connectivity index (χ1n) is 6.39. The largest absolute Gasteiger partial charge is 0.0698 e. The van der Waals surface area contributed by atoms with Crippen LogP contribution >= 0.6 is 0 Å². The van der Waals surface area contributed by atoms with Gasteiger partial charge in [-0.15, -0.1) is 0 Å². The minimum absolute atomic E-state index is 1.21. The van der Waals surface area contributed by atoms with Crippen LogP contribution in [0.2, 0.25) is 0 Å². The summed E-state index contributed by atoms with van der Waals surface area (Å²) in [6.45, 7) is 12.9. The van der Waals surface area contributed by atoms with E-state index in [1.807, 2.05) is 13.8 Å². The molecule has 0 aliphatic heterocycles. The van der Waals surface area contributed by atoms with Crippen LogP contribution in [0.1, 0.15) is 58.6 Å². The summed E-state index contributed by atoms with van der Waals surface area (Å²) < 4.78 is 0. The van der Waals surface area contributed by atoms with E-state index < -0.39 is 0 Å². The maximum atomic E-state index is 2.24. The van der Waals surface area contributed by atoms with E-state index in [0.29, 0.717) is 0 Å². The molecule has 0 heteroatoms. The van der Waals surface area contributed by atoms with Gasteiger partial charge in [0.2, 0.25) is 0 Å². The molecule has 0 spiro atoms. The standard InChI is InChI=1S/C14H20.C2H6/c1-5-8-11(2)13(4)14-10-7-6-9-12(14)3;1-2/h6-7,9-10H,5,8H2,1-4H3;1-2H3/b13-11-;. The van der Waals surface area contributed by atoms with Crippen LogP contribution in [0.4, 0.5) is 0 Å². The third-order valence-corrected chi connectivity index (χ3v) is 2.81. The minimum Gasteiger partial charge on any atom is -0.0698 e. The maximum Gasteiger partial charge on any atom is -0.0199 e. The Morgan fingerprint density at radius 2 is 1.62 bits per heavy atom. The van der Waals surface area contributed by atoms with Gasteiger partial charge in [-0.25, -0.2) is 0 Å². The van der Waals surface area contributed by atoms with Gasteiger partial charge in [0.05, 0.1) is 0 Å². The van der Waals surface area contributed by atoms with Crippen molar-refractivity contribution in [2.24, 2.45) is 0 Å². The Labute approximate surface area is 101 Å². The molecular formula is C16H26. The second-order valence-electron chi connectivity index (χ2n) is 3.97. The second-order valence-corrected chi connectivity index (χ2v) is 3.97. The van der Waals surface area contributed by atoms with Gasteiger partial charge in [0.1, 0.15) is 0 Å². The monoisotopic (exact) mass is 218 g/mol. The van der Waals surface area contributed by atoms with Crippen molar-refractivity contribution in [1.29, 1.82) is 0 Å². The molecule has 1 rings (SSSR count). The number of hydrogen-bond acceptors (Lipinski definition) is 0. The van der Waals surface area contributed by atoms with Gasteiger partial charge in [-0.05, 0) is 43.9 Å². The minimum atomic E-state index is 1.21. The molecule has 0 radical (unpaired) electrons. The van der Waals surface area contributed by atoms with Crippen molar-refractivity contribution in [3.05, 3.63) is 41.0 Å². The Kier molecular flexibility index (Phi) is 7.62. The molecule has 1 aromatic rings. The molecule has 0 unspecified atom stereocenters. The van der Waals surface area contributed by atoms with Crippen molar-refractivity contribution in [3.63, 3.8) is 0 Å². The number of rotatable bonds is 3. The summed E-state index contributed by atoms with van der Waals surface area (Å²) in [7, 11) is 0. The zero-order valence-corrected chi connectivity index (χ0v) is 11.7. The predicted molar refractivity (Wildman–Crippen MR) is 75.7 cm³/mol. The predicted octanol–water partition coefficient (Wildman–Crippen LogP) is 5.61. The molecule has 1 aromatic carbocycles. The van der Waals surface area contributed by atoms with Gasteiger partial charge in [0.15, 0.2) is 0 Å². The normalized spacial score (nSPS) is 11.4. The number of hydrogen-bond donors (Lipinski definition) is 0. The van der Waals surface area contributed by atoms with E-state index in [2.05, 4.69) is 52.0 Å². The fraction of sp³-hybridized carbons (Fsp3) is 0.500. The highest BCUT2D eigenvalue weighted by Crippen LogP contribution is 2.23. The molecule has 0 N–H and O–H groups in total. The average molecular weight is 218 g/mol. The van der Waals surface area contributed by atoms with Crippen LogP contribution in [-0.4, -0.2) is 0 Å². The van der Waals surface area contributed by atoms with Crippen LogP contribution in [0.15, 0.2) is 29.8 Å². The molecule has 0 amide bonds. The highest BCUT2D eigenvalue weighted by molar-refractivity contribution is 5.68. The Hall–Kier alpha value is -1.04. The van der Waals surface area contributed by atoms with Crippen molar-refractivity contribution in [2.45, 2.75) is 54.4 Å². The molecular weight excluding hydrogens is 192 g/mol. The zero-order valence-electron chi connectivity index (χ0n) is 11.7. The SMILES string of the molecule is CC.CCC/C(C)=C(/C)c1ccccc1C. The molecule has 90 valence electrons. The van der Waals surface area contributed by atoms with Gasteiger partial charge in [-0.3, -0.25) is 0 Å². The van der Waals surface area contributed by atoms with Crippen LogP contribution in [0.5, 0.6) is 0 Å². The van der Waals surface area contributed by atoms with E-state index in [9.17, 15) is 0 Å². The summed E-state index contributed by atoms with van der Waals surface area (Å²) in [6, 6.07) is 8.61.